The quantitative estimate of drug-likeness (QED) is 0.740. The number of hydrogen-bond donors (Lipinski definition) is 2. The van der Waals surface area contributed by atoms with Crippen LogP contribution in [0.25, 0.3) is 0 Å². The molecule has 1 aliphatic rings. The lowest BCUT2D eigenvalue weighted by Gasteiger charge is -2.31. The molecule has 0 aromatic heterocycles. The molecule has 5 nitrogen and oxygen atoms in total. The van der Waals surface area contributed by atoms with Crippen molar-refractivity contribution in [3.63, 3.8) is 0 Å². The highest BCUT2D eigenvalue weighted by atomic mass is 35.5. The van der Waals surface area contributed by atoms with Crippen LogP contribution in [0.3, 0.4) is 0 Å². The standard InChI is InChI=1S/C23H28ClN3O2/c1-16(2)25-22(28)19-10-12-27(13-11-19)15-17-4-3-5-21(14-17)26-23(29)18-6-8-20(24)9-7-18/h3-9,14,16,19H,10-13,15H2,1-2H3,(H,25,28)(H,26,29). The summed E-state index contributed by atoms with van der Waals surface area (Å²) in [4.78, 5) is 26.9. The Labute approximate surface area is 177 Å². The highest BCUT2D eigenvalue weighted by Crippen LogP contribution is 2.21. The molecule has 1 heterocycles. The molecular formula is C23H28ClN3O2. The summed E-state index contributed by atoms with van der Waals surface area (Å²) in [6.07, 6.45) is 1.76. The molecule has 0 radical (unpaired) electrons. The van der Waals surface area contributed by atoms with Gasteiger partial charge < -0.3 is 10.6 Å². The molecule has 29 heavy (non-hydrogen) atoms. The number of benzene rings is 2. The van der Waals surface area contributed by atoms with Crippen molar-refractivity contribution < 1.29 is 9.59 Å². The summed E-state index contributed by atoms with van der Waals surface area (Å²) in [6.45, 7) is 6.59. The first-order valence-corrected chi connectivity index (χ1v) is 10.5. The van der Waals surface area contributed by atoms with Gasteiger partial charge >= 0.3 is 0 Å². The first kappa shape index (κ1) is 21.3. The van der Waals surface area contributed by atoms with Gasteiger partial charge in [0.15, 0.2) is 0 Å². The molecule has 0 unspecified atom stereocenters. The second-order valence-electron chi connectivity index (χ2n) is 7.88. The maximum atomic E-state index is 12.4. The molecule has 1 fully saturated rings. The Balaban J connectivity index is 1.53. The zero-order chi connectivity index (χ0) is 20.8. The van der Waals surface area contributed by atoms with Crippen LogP contribution < -0.4 is 10.6 Å². The highest BCUT2D eigenvalue weighted by molar-refractivity contribution is 6.30. The van der Waals surface area contributed by atoms with Crippen LogP contribution in [0.2, 0.25) is 5.02 Å². The molecule has 0 bridgehead atoms. The van der Waals surface area contributed by atoms with E-state index in [1.54, 1.807) is 24.3 Å². The van der Waals surface area contributed by atoms with Crippen molar-refractivity contribution in [1.29, 1.82) is 0 Å². The molecule has 2 aromatic carbocycles. The van der Waals surface area contributed by atoms with Gasteiger partial charge in [-0.25, -0.2) is 0 Å². The second-order valence-corrected chi connectivity index (χ2v) is 8.31. The van der Waals surface area contributed by atoms with Crippen molar-refractivity contribution >= 4 is 29.1 Å². The van der Waals surface area contributed by atoms with Gasteiger partial charge in [0.1, 0.15) is 0 Å². The summed E-state index contributed by atoms with van der Waals surface area (Å²) in [5, 5.41) is 6.56. The van der Waals surface area contributed by atoms with Gasteiger partial charge in [-0.15, -0.1) is 0 Å². The third-order valence-electron chi connectivity index (χ3n) is 5.09. The molecule has 0 saturated carbocycles. The van der Waals surface area contributed by atoms with Crippen LogP contribution in [-0.4, -0.2) is 35.8 Å². The third-order valence-corrected chi connectivity index (χ3v) is 5.34. The van der Waals surface area contributed by atoms with E-state index in [0.717, 1.165) is 43.7 Å². The Morgan fingerprint density at radius 2 is 1.79 bits per heavy atom. The molecule has 0 aliphatic carbocycles. The van der Waals surface area contributed by atoms with Crippen LogP contribution in [0, 0.1) is 5.92 Å². The fourth-order valence-electron chi connectivity index (χ4n) is 3.57. The third kappa shape index (κ3) is 6.31. The zero-order valence-electron chi connectivity index (χ0n) is 17.0. The number of carbonyl (C=O) groups excluding carboxylic acids is 2. The van der Waals surface area contributed by atoms with Crippen LogP contribution in [0.1, 0.15) is 42.6 Å². The number of hydrogen-bond acceptors (Lipinski definition) is 3. The van der Waals surface area contributed by atoms with E-state index >= 15 is 0 Å². The molecule has 1 saturated heterocycles. The molecule has 154 valence electrons. The van der Waals surface area contributed by atoms with Gasteiger partial charge in [0.2, 0.25) is 5.91 Å². The number of piperidine rings is 1. The molecule has 2 aromatic rings. The molecule has 3 rings (SSSR count). The minimum absolute atomic E-state index is 0.110. The Kier molecular flexibility index (Phi) is 7.29. The summed E-state index contributed by atoms with van der Waals surface area (Å²) in [6, 6.07) is 14.9. The van der Waals surface area contributed by atoms with Crippen molar-refractivity contribution in [1.82, 2.24) is 10.2 Å². The van der Waals surface area contributed by atoms with E-state index in [1.165, 1.54) is 0 Å². The number of nitrogens with zero attached hydrogens (tertiary/aromatic N) is 1. The Morgan fingerprint density at radius 1 is 1.10 bits per heavy atom. The highest BCUT2D eigenvalue weighted by Gasteiger charge is 2.25. The number of anilines is 1. The van der Waals surface area contributed by atoms with Crippen LogP contribution in [0.5, 0.6) is 0 Å². The van der Waals surface area contributed by atoms with Crippen LogP contribution >= 0.6 is 11.6 Å². The molecule has 2 N–H and O–H groups in total. The van der Waals surface area contributed by atoms with E-state index in [0.29, 0.717) is 10.6 Å². The Morgan fingerprint density at radius 3 is 2.45 bits per heavy atom. The number of halogens is 1. The smallest absolute Gasteiger partial charge is 0.255 e. The number of rotatable bonds is 6. The maximum Gasteiger partial charge on any atom is 0.255 e. The predicted octanol–water partition coefficient (Wildman–Crippen LogP) is 4.33. The minimum atomic E-state index is -0.157. The van der Waals surface area contributed by atoms with Gasteiger partial charge in [0, 0.05) is 34.8 Å². The summed E-state index contributed by atoms with van der Waals surface area (Å²) in [7, 11) is 0. The van der Waals surface area contributed by atoms with Crippen LogP contribution in [0.15, 0.2) is 48.5 Å². The Bertz CT molecular complexity index is 843. The summed E-state index contributed by atoms with van der Waals surface area (Å²) < 4.78 is 0. The number of amides is 2. The molecule has 0 atom stereocenters. The van der Waals surface area contributed by atoms with Gasteiger partial charge in [-0.2, -0.15) is 0 Å². The fourth-order valence-corrected chi connectivity index (χ4v) is 3.69. The van der Waals surface area contributed by atoms with E-state index in [2.05, 4.69) is 21.6 Å². The van der Waals surface area contributed by atoms with Gasteiger partial charge in [-0.05, 0) is 81.7 Å². The van der Waals surface area contributed by atoms with E-state index in [9.17, 15) is 9.59 Å². The van der Waals surface area contributed by atoms with Crippen LogP contribution in [0.4, 0.5) is 5.69 Å². The normalized spacial score (nSPS) is 15.3. The average Bonchev–Trinajstić information content (AvgIpc) is 2.69. The predicted molar refractivity (Wildman–Crippen MR) is 117 cm³/mol. The average molecular weight is 414 g/mol. The second kappa shape index (κ2) is 9.90. The van der Waals surface area contributed by atoms with Gasteiger partial charge in [0.05, 0.1) is 0 Å². The lowest BCUT2D eigenvalue weighted by Crippen LogP contribution is -2.42. The number of nitrogens with one attached hydrogen (secondary N) is 2. The lowest BCUT2D eigenvalue weighted by molar-refractivity contribution is -0.127. The minimum Gasteiger partial charge on any atom is -0.354 e. The first-order chi connectivity index (χ1) is 13.9. The van der Waals surface area contributed by atoms with Crippen molar-refractivity contribution in [3.05, 3.63) is 64.7 Å². The largest absolute Gasteiger partial charge is 0.354 e. The summed E-state index contributed by atoms with van der Waals surface area (Å²) in [5.41, 5.74) is 2.49. The van der Waals surface area contributed by atoms with Crippen molar-refractivity contribution in [2.75, 3.05) is 18.4 Å². The fraction of sp³-hybridized carbons (Fsp3) is 0.391. The zero-order valence-corrected chi connectivity index (χ0v) is 17.7. The summed E-state index contributed by atoms with van der Waals surface area (Å²) >= 11 is 5.88. The van der Waals surface area contributed by atoms with Crippen LogP contribution in [-0.2, 0) is 11.3 Å². The topological polar surface area (TPSA) is 61.4 Å². The van der Waals surface area contributed by atoms with E-state index in [1.807, 2.05) is 32.0 Å². The monoisotopic (exact) mass is 413 g/mol. The molecule has 1 aliphatic heterocycles. The molecule has 0 spiro atoms. The van der Waals surface area contributed by atoms with Crippen molar-refractivity contribution in [3.8, 4) is 0 Å². The maximum absolute atomic E-state index is 12.4. The lowest BCUT2D eigenvalue weighted by atomic mass is 9.95. The SMILES string of the molecule is CC(C)NC(=O)C1CCN(Cc2cccc(NC(=O)c3ccc(Cl)cc3)c2)CC1. The van der Waals surface area contributed by atoms with E-state index in [-0.39, 0.29) is 23.8 Å². The van der Waals surface area contributed by atoms with Crippen molar-refractivity contribution in [2.24, 2.45) is 5.92 Å². The number of carbonyl (C=O) groups is 2. The summed E-state index contributed by atoms with van der Waals surface area (Å²) in [5.74, 6) is 0.126. The van der Waals surface area contributed by atoms with E-state index < -0.39 is 0 Å². The molecule has 6 heteroatoms. The number of likely N-dealkylation sites (tertiary alicyclic amines) is 1. The van der Waals surface area contributed by atoms with Crippen molar-refractivity contribution in [2.45, 2.75) is 39.3 Å². The van der Waals surface area contributed by atoms with Gasteiger partial charge in [-0.1, -0.05) is 23.7 Å². The molecule has 2 amide bonds. The van der Waals surface area contributed by atoms with Gasteiger partial charge in [-0.3, -0.25) is 14.5 Å². The molecular weight excluding hydrogens is 386 g/mol. The Hall–Kier alpha value is -2.37. The van der Waals surface area contributed by atoms with Gasteiger partial charge in [0.25, 0.3) is 5.91 Å². The van der Waals surface area contributed by atoms with E-state index in [4.69, 9.17) is 11.6 Å². The first-order valence-electron chi connectivity index (χ1n) is 10.1.